The third kappa shape index (κ3) is 7.62. The van der Waals surface area contributed by atoms with Crippen LogP contribution in [0.4, 0.5) is 5.69 Å². The lowest BCUT2D eigenvalue weighted by molar-refractivity contribution is -0.115. The van der Waals surface area contributed by atoms with E-state index in [1.807, 2.05) is 66.7 Å². The van der Waals surface area contributed by atoms with Crippen LogP contribution in [0.3, 0.4) is 0 Å². The number of nitrogens with one attached hydrogen (secondary N) is 2. The standard InChI is InChI=1S/C22H24N4O2.ClH/c27-20(17-7-3-1-4-8-17)16-23-13-11-19-12-14-24-21(25-19)15-22(28)26-18-9-5-2-6-10-18;/h1-10,12,14,20,23,27H,11,13,15-16H2,(H,26,28);1H/t20-;/m0./s1. The number of para-hydroxylation sites is 1. The predicted molar refractivity (Wildman–Crippen MR) is 116 cm³/mol. The molecule has 7 heteroatoms. The zero-order chi connectivity index (χ0) is 19.6. The van der Waals surface area contributed by atoms with Crippen molar-refractivity contribution < 1.29 is 9.90 Å². The van der Waals surface area contributed by atoms with E-state index in [1.165, 1.54) is 0 Å². The molecule has 0 aliphatic rings. The summed E-state index contributed by atoms with van der Waals surface area (Å²) in [6.07, 6.45) is 1.95. The monoisotopic (exact) mass is 412 g/mol. The van der Waals surface area contributed by atoms with Crippen LogP contribution in [0.15, 0.2) is 72.9 Å². The maximum Gasteiger partial charge on any atom is 0.232 e. The van der Waals surface area contributed by atoms with Gasteiger partial charge in [-0.1, -0.05) is 48.5 Å². The molecule has 0 radical (unpaired) electrons. The highest BCUT2D eigenvalue weighted by molar-refractivity contribution is 5.91. The summed E-state index contributed by atoms with van der Waals surface area (Å²) in [6, 6.07) is 20.7. The average Bonchev–Trinajstić information content (AvgIpc) is 2.72. The minimum Gasteiger partial charge on any atom is -0.387 e. The predicted octanol–water partition coefficient (Wildman–Crippen LogP) is 2.95. The van der Waals surface area contributed by atoms with Gasteiger partial charge in [-0.25, -0.2) is 9.97 Å². The zero-order valence-corrected chi connectivity index (χ0v) is 16.8. The van der Waals surface area contributed by atoms with Crippen LogP contribution in [0.5, 0.6) is 0 Å². The van der Waals surface area contributed by atoms with Crippen LogP contribution in [-0.4, -0.2) is 34.1 Å². The van der Waals surface area contributed by atoms with Gasteiger partial charge in [0.15, 0.2) is 0 Å². The van der Waals surface area contributed by atoms with E-state index < -0.39 is 6.10 Å². The number of anilines is 1. The number of carbonyl (C=O) groups excluding carboxylic acids is 1. The molecule has 1 atom stereocenters. The summed E-state index contributed by atoms with van der Waals surface area (Å²) in [4.78, 5) is 20.8. The minimum atomic E-state index is -0.538. The van der Waals surface area contributed by atoms with E-state index >= 15 is 0 Å². The first-order valence-electron chi connectivity index (χ1n) is 9.30. The van der Waals surface area contributed by atoms with Gasteiger partial charge in [0.25, 0.3) is 0 Å². The molecule has 152 valence electrons. The molecule has 0 fully saturated rings. The third-order valence-corrected chi connectivity index (χ3v) is 4.22. The molecule has 1 aromatic heterocycles. The summed E-state index contributed by atoms with van der Waals surface area (Å²) in [5.41, 5.74) is 2.51. The lowest BCUT2D eigenvalue weighted by atomic mass is 10.1. The van der Waals surface area contributed by atoms with Gasteiger partial charge in [-0.15, -0.1) is 12.4 Å². The topological polar surface area (TPSA) is 87.1 Å². The summed E-state index contributed by atoms with van der Waals surface area (Å²) < 4.78 is 0. The first-order chi connectivity index (χ1) is 13.7. The molecule has 0 saturated heterocycles. The molecule has 3 N–H and O–H groups in total. The van der Waals surface area contributed by atoms with Crippen molar-refractivity contribution >= 4 is 24.0 Å². The highest BCUT2D eigenvalue weighted by atomic mass is 35.5. The van der Waals surface area contributed by atoms with Crippen LogP contribution >= 0.6 is 12.4 Å². The van der Waals surface area contributed by atoms with E-state index in [9.17, 15) is 9.90 Å². The first-order valence-corrected chi connectivity index (χ1v) is 9.30. The van der Waals surface area contributed by atoms with E-state index in [4.69, 9.17) is 0 Å². The smallest absolute Gasteiger partial charge is 0.232 e. The minimum absolute atomic E-state index is 0. The Hall–Kier alpha value is -2.80. The van der Waals surface area contributed by atoms with Crippen molar-refractivity contribution in [3.8, 4) is 0 Å². The largest absolute Gasteiger partial charge is 0.387 e. The number of hydrogen-bond acceptors (Lipinski definition) is 5. The third-order valence-electron chi connectivity index (χ3n) is 4.22. The number of aliphatic hydroxyl groups is 1. The zero-order valence-electron chi connectivity index (χ0n) is 16.0. The lowest BCUT2D eigenvalue weighted by Crippen LogP contribution is -2.24. The van der Waals surface area contributed by atoms with Gasteiger partial charge in [0.05, 0.1) is 12.5 Å². The Kier molecular flexibility index (Phi) is 9.24. The number of benzene rings is 2. The second-order valence-corrected chi connectivity index (χ2v) is 6.44. The van der Waals surface area contributed by atoms with Crippen LogP contribution in [-0.2, 0) is 17.6 Å². The lowest BCUT2D eigenvalue weighted by Gasteiger charge is -2.12. The maximum absolute atomic E-state index is 12.1. The number of amides is 1. The highest BCUT2D eigenvalue weighted by Crippen LogP contribution is 2.10. The molecule has 0 saturated carbocycles. The van der Waals surface area contributed by atoms with E-state index in [2.05, 4.69) is 20.6 Å². The molecule has 6 nitrogen and oxygen atoms in total. The Balaban J connectivity index is 0.00000300. The van der Waals surface area contributed by atoms with Crippen molar-refractivity contribution in [2.75, 3.05) is 18.4 Å². The van der Waals surface area contributed by atoms with E-state index in [1.54, 1.807) is 6.20 Å². The van der Waals surface area contributed by atoms with Gasteiger partial charge < -0.3 is 15.7 Å². The summed E-state index contributed by atoms with van der Waals surface area (Å²) in [6.45, 7) is 1.15. The number of halogens is 1. The summed E-state index contributed by atoms with van der Waals surface area (Å²) in [5.74, 6) is 0.350. The number of nitrogens with zero attached hydrogens (tertiary/aromatic N) is 2. The fourth-order valence-corrected chi connectivity index (χ4v) is 2.78. The van der Waals surface area contributed by atoms with Gasteiger partial charge in [0.2, 0.25) is 5.91 Å². The SMILES string of the molecule is Cl.O=C(Cc1nccc(CCNC[C@H](O)c2ccccc2)n1)Nc1ccccc1. The van der Waals surface area contributed by atoms with Crippen LogP contribution in [0.2, 0.25) is 0 Å². The molecule has 0 bridgehead atoms. The van der Waals surface area contributed by atoms with Crippen molar-refractivity contribution in [3.05, 3.63) is 90.0 Å². The fraction of sp³-hybridized carbons (Fsp3) is 0.227. The average molecular weight is 413 g/mol. The molecule has 2 aromatic carbocycles. The van der Waals surface area contributed by atoms with Crippen molar-refractivity contribution in [3.63, 3.8) is 0 Å². The molecule has 1 amide bonds. The van der Waals surface area contributed by atoms with Crippen LogP contribution < -0.4 is 10.6 Å². The quantitative estimate of drug-likeness (QED) is 0.470. The van der Waals surface area contributed by atoms with Gasteiger partial charge in [-0.05, 0) is 23.8 Å². The molecule has 0 aliphatic heterocycles. The van der Waals surface area contributed by atoms with Crippen LogP contribution in [0.25, 0.3) is 0 Å². The highest BCUT2D eigenvalue weighted by Gasteiger charge is 2.08. The Bertz CT molecular complexity index is 878. The molecule has 3 aromatic rings. The molecule has 0 aliphatic carbocycles. The van der Waals surface area contributed by atoms with Crippen molar-refractivity contribution in [2.45, 2.75) is 18.9 Å². The Morgan fingerprint density at radius 1 is 1.00 bits per heavy atom. The molecular formula is C22H25ClN4O2. The number of rotatable bonds is 9. The van der Waals surface area contributed by atoms with Gasteiger partial charge in [-0.3, -0.25) is 4.79 Å². The fourth-order valence-electron chi connectivity index (χ4n) is 2.78. The summed E-state index contributed by atoms with van der Waals surface area (Å²) in [7, 11) is 0. The van der Waals surface area contributed by atoms with Crippen molar-refractivity contribution in [2.24, 2.45) is 0 Å². The summed E-state index contributed by atoms with van der Waals surface area (Å²) in [5, 5.41) is 16.2. The molecular weight excluding hydrogens is 388 g/mol. The van der Waals surface area contributed by atoms with E-state index in [0.29, 0.717) is 25.3 Å². The molecule has 0 spiro atoms. The number of aliphatic hydroxyl groups excluding tert-OH is 1. The second-order valence-electron chi connectivity index (χ2n) is 6.44. The van der Waals surface area contributed by atoms with E-state index in [0.717, 1.165) is 16.9 Å². The Labute approximate surface area is 176 Å². The number of aromatic nitrogens is 2. The Morgan fingerprint density at radius 3 is 2.41 bits per heavy atom. The Morgan fingerprint density at radius 2 is 1.69 bits per heavy atom. The number of carbonyl (C=O) groups is 1. The van der Waals surface area contributed by atoms with Gasteiger partial charge in [-0.2, -0.15) is 0 Å². The maximum atomic E-state index is 12.1. The van der Waals surface area contributed by atoms with Gasteiger partial charge in [0, 0.05) is 37.1 Å². The normalized spacial score (nSPS) is 11.3. The second kappa shape index (κ2) is 11.9. The number of hydrogen-bond donors (Lipinski definition) is 3. The van der Waals surface area contributed by atoms with Crippen LogP contribution in [0.1, 0.15) is 23.2 Å². The molecule has 3 rings (SSSR count). The van der Waals surface area contributed by atoms with Crippen molar-refractivity contribution in [1.82, 2.24) is 15.3 Å². The first kappa shape index (κ1) is 22.5. The summed E-state index contributed by atoms with van der Waals surface area (Å²) >= 11 is 0. The van der Waals surface area contributed by atoms with Crippen LogP contribution in [0, 0.1) is 0 Å². The van der Waals surface area contributed by atoms with Crippen molar-refractivity contribution in [1.29, 1.82) is 0 Å². The molecule has 1 heterocycles. The molecule has 29 heavy (non-hydrogen) atoms. The molecule has 0 unspecified atom stereocenters. The van der Waals surface area contributed by atoms with E-state index in [-0.39, 0.29) is 24.7 Å². The van der Waals surface area contributed by atoms with Gasteiger partial charge in [0.1, 0.15) is 5.82 Å². The van der Waals surface area contributed by atoms with Gasteiger partial charge >= 0.3 is 0 Å².